The molecule has 1 aliphatic rings. The lowest BCUT2D eigenvalue weighted by molar-refractivity contribution is 0.394. The lowest BCUT2D eigenvalue weighted by atomic mass is 9.99. The molecule has 0 spiro atoms. The van der Waals surface area contributed by atoms with E-state index in [1.165, 1.54) is 31.5 Å². The lowest BCUT2D eigenvalue weighted by Crippen LogP contribution is -2.14. The van der Waals surface area contributed by atoms with E-state index in [9.17, 15) is 0 Å². The minimum absolute atomic E-state index is 0. The number of likely N-dealkylation sites (tertiary alicyclic amines) is 1. The highest BCUT2D eigenvalue weighted by Crippen LogP contribution is 2.18. The summed E-state index contributed by atoms with van der Waals surface area (Å²) in [5, 5.41) is 0. The number of benzene rings is 1. The topological polar surface area (TPSA) is 3.24 Å². The second-order valence-electron chi connectivity index (χ2n) is 4.11. The molecule has 1 aliphatic heterocycles. The highest BCUT2D eigenvalue weighted by Gasteiger charge is 2.18. The van der Waals surface area contributed by atoms with E-state index in [0.29, 0.717) is 0 Å². The van der Waals surface area contributed by atoms with E-state index in [0.717, 1.165) is 5.92 Å². The Bertz CT molecular complexity index is 255. The Hall–Kier alpha value is -0.820. The van der Waals surface area contributed by atoms with E-state index in [2.05, 4.69) is 42.3 Å². The zero-order valence-corrected chi connectivity index (χ0v) is 8.24. The van der Waals surface area contributed by atoms with Gasteiger partial charge in [-0.25, -0.2) is 0 Å². The van der Waals surface area contributed by atoms with Crippen LogP contribution < -0.4 is 0 Å². The average molecular weight is 191 g/mol. The number of hydrogen-bond donors (Lipinski definition) is 0. The fraction of sp³-hybridized carbons (Fsp3) is 0.538. The first kappa shape index (κ1) is 11.3. The molecule has 14 heavy (non-hydrogen) atoms. The van der Waals surface area contributed by atoms with Crippen molar-refractivity contribution >= 4 is 0 Å². The number of hydrogen-bond acceptors (Lipinski definition) is 1. The van der Waals surface area contributed by atoms with Crippen LogP contribution in [0.1, 0.15) is 19.4 Å². The molecule has 0 N–H and O–H groups in total. The van der Waals surface area contributed by atoms with E-state index < -0.39 is 0 Å². The molecule has 1 heterocycles. The Morgan fingerprint density at radius 1 is 1.29 bits per heavy atom. The summed E-state index contributed by atoms with van der Waals surface area (Å²) < 4.78 is 0. The molecular formula is C13H21N. The van der Waals surface area contributed by atoms with Crippen molar-refractivity contribution in [2.45, 2.75) is 20.3 Å². The molecule has 0 amide bonds. The number of rotatable bonds is 2. The first-order chi connectivity index (χ1) is 6.34. The minimum Gasteiger partial charge on any atom is -0.306 e. The summed E-state index contributed by atoms with van der Waals surface area (Å²) >= 11 is 0. The van der Waals surface area contributed by atoms with E-state index in [1.54, 1.807) is 0 Å². The van der Waals surface area contributed by atoms with Gasteiger partial charge in [-0.15, -0.1) is 0 Å². The van der Waals surface area contributed by atoms with E-state index >= 15 is 0 Å². The van der Waals surface area contributed by atoms with Crippen molar-refractivity contribution < 1.29 is 0 Å². The molecule has 2 rings (SSSR count). The Morgan fingerprint density at radius 2 is 2.00 bits per heavy atom. The van der Waals surface area contributed by atoms with E-state index in [1.807, 2.05) is 0 Å². The maximum atomic E-state index is 2.42. The predicted octanol–water partition coefficient (Wildman–Crippen LogP) is 2.82. The van der Waals surface area contributed by atoms with Crippen LogP contribution in [0.2, 0.25) is 0 Å². The SMILES string of the molecule is C.CN1CCC(Cc2ccccc2)C1. The van der Waals surface area contributed by atoms with Gasteiger partial charge >= 0.3 is 0 Å². The highest BCUT2D eigenvalue weighted by atomic mass is 15.1. The molecule has 1 heteroatoms. The molecule has 1 aromatic carbocycles. The van der Waals surface area contributed by atoms with Crippen LogP contribution in [0.25, 0.3) is 0 Å². The van der Waals surface area contributed by atoms with Gasteiger partial charge in [0.25, 0.3) is 0 Å². The second kappa shape index (κ2) is 5.16. The van der Waals surface area contributed by atoms with Gasteiger partial charge in [0.15, 0.2) is 0 Å². The van der Waals surface area contributed by atoms with Gasteiger partial charge in [0.2, 0.25) is 0 Å². The van der Waals surface area contributed by atoms with Crippen LogP contribution in [0.4, 0.5) is 0 Å². The van der Waals surface area contributed by atoms with Gasteiger partial charge in [0.1, 0.15) is 0 Å². The molecule has 78 valence electrons. The van der Waals surface area contributed by atoms with Crippen LogP contribution in [0.15, 0.2) is 30.3 Å². The van der Waals surface area contributed by atoms with Gasteiger partial charge in [-0.3, -0.25) is 0 Å². The summed E-state index contributed by atoms with van der Waals surface area (Å²) in [5.74, 6) is 0.882. The second-order valence-corrected chi connectivity index (χ2v) is 4.11. The molecule has 1 unspecified atom stereocenters. The van der Waals surface area contributed by atoms with E-state index in [4.69, 9.17) is 0 Å². The Balaban J connectivity index is 0.000000980. The van der Waals surface area contributed by atoms with Crippen molar-refractivity contribution in [3.05, 3.63) is 35.9 Å². The summed E-state index contributed by atoms with van der Waals surface area (Å²) in [4.78, 5) is 2.42. The third-order valence-electron chi connectivity index (χ3n) is 2.86. The Labute approximate surface area is 87.7 Å². The summed E-state index contributed by atoms with van der Waals surface area (Å²) in [6.45, 7) is 2.55. The Morgan fingerprint density at radius 3 is 2.57 bits per heavy atom. The van der Waals surface area contributed by atoms with Gasteiger partial charge < -0.3 is 4.90 Å². The largest absolute Gasteiger partial charge is 0.306 e. The lowest BCUT2D eigenvalue weighted by Gasteiger charge is -2.09. The maximum absolute atomic E-state index is 2.42. The molecule has 0 bridgehead atoms. The van der Waals surface area contributed by atoms with Crippen LogP contribution in [0.3, 0.4) is 0 Å². The van der Waals surface area contributed by atoms with Crippen molar-refractivity contribution in [1.82, 2.24) is 4.90 Å². The molecule has 1 saturated heterocycles. The first-order valence-electron chi connectivity index (χ1n) is 5.07. The normalized spacial score (nSPS) is 21.9. The zero-order valence-electron chi connectivity index (χ0n) is 8.24. The highest BCUT2D eigenvalue weighted by molar-refractivity contribution is 5.15. The first-order valence-corrected chi connectivity index (χ1v) is 5.07. The molecule has 1 nitrogen and oxygen atoms in total. The molecular weight excluding hydrogens is 170 g/mol. The maximum Gasteiger partial charge on any atom is 0.00103 e. The van der Waals surface area contributed by atoms with Crippen molar-refractivity contribution in [1.29, 1.82) is 0 Å². The van der Waals surface area contributed by atoms with Crippen LogP contribution in [0.5, 0.6) is 0 Å². The Kier molecular flexibility index (Phi) is 4.15. The molecule has 0 radical (unpaired) electrons. The predicted molar refractivity (Wildman–Crippen MR) is 62.5 cm³/mol. The zero-order chi connectivity index (χ0) is 9.10. The summed E-state index contributed by atoms with van der Waals surface area (Å²) in [7, 11) is 2.21. The third-order valence-corrected chi connectivity index (χ3v) is 2.86. The summed E-state index contributed by atoms with van der Waals surface area (Å²) in [6.07, 6.45) is 2.62. The average Bonchev–Trinajstić information content (AvgIpc) is 2.53. The fourth-order valence-corrected chi connectivity index (χ4v) is 2.14. The van der Waals surface area contributed by atoms with Crippen LogP contribution in [-0.4, -0.2) is 25.0 Å². The van der Waals surface area contributed by atoms with Crippen LogP contribution in [-0.2, 0) is 6.42 Å². The molecule has 1 fully saturated rings. The standard InChI is InChI=1S/C12H17N.CH4/c1-13-8-7-12(10-13)9-11-5-3-2-4-6-11;/h2-6,12H,7-10H2,1H3;1H4. The van der Waals surface area contributed by atoms with Crippen molar-refractivity contribution in [2.24, 2.45) is 5.92 Å². The van der Waals surface area contributed by atoms with Crippen molar-refractivity contribution in [2.75, 3.05) is 20.1 Å². The van der Waals surface area contributed by atoms with Gasteiger partial charge in [-0.1, -0.05) is 37.8 Å². The third kappa shape index (κ3) is 2.85. The van der Waals surface area contributed by atoms with Crippen molar-refractivity contribution in [3.8, 4) is 0 Å². The van der Waals surface area contributed by atoms with Gasteiger partial charge in [-0.05, 0) is 37.9 Å². The van der Waals surface area contributed by atoms with Crippen LogP contribution >= 0.6 is 0 Å². The molecule has 0 aliphatic carbocycles. The summed E-state index contributed by atoms with van der Waals surface area (Å²) in [5.41, 5.74) is 1.49. The molecule has 0 aromatic heterocycles. The molecule has 1 atom stereocenters. The quantitative estimate of drug-likeness (QED) is 0.695. The summed E-state index contributed by atoms with van der Waals surface area (Å²) in [6, 6.07) is 10.8. The molecule has 1 aromatic rings. The fourth-order valence-electron chi connectivity index (χ4n) is 2.14. The van der Waals surface area contributed by atoms with Crippen molar-refractivity contribution in [3.63, 3.8) is 0 Å². The smallest absolute Gasteiger partial charge is 0.00103 e. The van der Waals surface area contributed by atoms with E-state index in [-0.39, 0.29) is 7.43 Å². The minimum atomic E-state index is 0. The monoisotopic (exact) mass is 191 g/mol. The van der Waals surface area contributed by atoms with Gasteiger partial charge in [-0.2, -0.15) is 0 Å². The van der Waals surface area contributed by atoms with Gasteiger partial charge in [0.05, 0.1) is 0 Å². The number of nitrogens with zero attached hydrogens (tertiary/aromatic N) is 1. The molecule has 0 saturated carbocycles. The van der Waals surface area contributed by atoms with Gasteiger partial charge in [0, 0.05) is 6.54 Å². The van der Waals surface area contributed by atoms with Crippen LogP contribution in [0, 0.1) is 5.92 Å².